The Kier molecular flexibility index (Phi) is 10.0. The topological polar surface area (TPSA) is 100 Å². The number of ketones is 1. The molecule has 10 heteroatoms. The first-order chi connectivity index (χ1) is 13.9. The van der Waals surface area contributed by atoms with E-state index in [0.29, 0.717) is 31.2 Å². The average molecular weight is 475 g/mol. The van der Waals surface area contributed by atoms with Gasteiger partial charge in [-0.2, -0.15) is 0 Å². The van der Waals surface area contributed by atoms with Crippen LogP contribution in [0.25, 0.3) is 0 Å². The monoisotopic (exact) mass is 474 g/mol. The molecule has 0 aliphatic carbocycles. The Hall–Kier alpha value is -1.58. The molecule has 0 aromatic rings. The first-order valence-electron chi connectivity index (χ1n) is 10.3. The largest absolute Gasteiger partial charge is 0.381 e. The molecule has 2 fully saturated rings. The zero-order valence-corrected chi connectivity index (χ0v) is 20.8. The minimum absolute atomic E-state index is 0. The molecule has 0 spiro atoms. The summed E-state index contributed by atoms with van der Waals surface area (Å²) in [6.07, 6.45) is 4.40. The molecule has 1 atom stereocenters. The zero-order chi connectivity index (χ0) is 22.5. The van der Waals surface area contributed by atoms with E-state index in [9.17, 15) is 14.4 Å². The molecule has 0 aromatic carbocycles. The standard InChI is InChI=1S/C21H34N4O4S.ClH/c1-20(2,3)10-7-15(26)22-16(14-8-11-29-12-9-14)17(27)18(28)23-24-19-25(6)21(4,5)13-30-19;/h7,10,14,16H,8-9,11-13H2,1-6H3,(H,22,26)(H,23,28);1H. The van der Waals surface area contributed by atoms with Gasteiger partial charge >= 0.3 is 5.91 Å². The number of amidine groups is 1. The number of nitrogens with zero attached hydrogens (tertiary/aromatic N) is 2. The van der Waals surface area contributed by atoms with E-state index in [1.165, 1.54) is 17.8 Å². The van der Waals surface area contributed by atoms with E-state index >= 15 is 0 Å². The molecule has 2 aliphatic heterocycles. The minimum atomic E-state index is -0.906. The van der Waals surface area contributed by atoms with Crippen LogP contribution >= 0.6 is 24.2 Å². The van der Waals surface area contributed by atoms with E-state index in [4.69, 9.17) is 4.74 Å². The first-order valence-corrected chi connectivity index (χ1v) is 11.3. The van der Waals surface area contributed by atoms with Crippen LogP contribution in [0.4, 0.5) is 0 Å². The van der Waals surface area contributed by atoms with Gasteiger partial charge in [0.05, 0.1) is 0 Å². The second-order valence-corrected chi connectivity index (χ2v) is 10.4. The minimum Gasteiger partial charge on any atom is -0.381 e. The fourth-order valence-electron chi connectivity index (χ4n) is 3.07. The molecule has 176 valence electrons. The number of Topliss-reactive ketones (excluding diaryl/α,β-unsaturated/α-hetero) is 1. The lowest BCUT2D eigenvalue weighted by Gasteiger charge is -2.29. The third-order valence-corrected chi connectivity index (χ3v) is 6.75. The van der Waals surface area contributed by atoms with Crippen molar-refractivity contribution in [1.82, 2.24) is 15.6 Å². The van der Waals surface area contributed by atoms with Crippen LogP contribution < -0.4 is 10.7 Å². The normalized spacial score (nSPS) is 21.6. The van der Waals surface area contributed by atoms with E-state index in [1.54, 1.807) is 6.08 Å². The summed E-state index contributed by atoms with van der Waals surface area (Å²) in [7, 11) is 1.90. The van der Waals surface area contributed by atoms with Gasteiger partial charge in [-0.1, -0.05) is 38.6 Å². The van der Waals surface area contributed by atoms with Gasteiger partial charge in [0, 0.05) is 31.6 Å². The van der Waals surface area contributed by atoms with Crippen molar-refractivity contribution in [2.24, 2.45) is 16.4 Å². The Balaban J connectivity index is 0.00000480. The smallest absolute Gasteiger partial charge is 0.309 e. The maximum absolute atomic E-state index is 12.9. The van der Waals surface area contributed by atoms with Crippen LogP contribution in [0.2, 0.25) is 0 Å². The number of amides is 2. The molecule has 1 unspecified atom stereocenters. The predicted molar refractivity (Wildman–Crippen MR) is 126 cm³/mol. The van der Waals surface area contributed by atoms with Crippen LogP contribution in [0.3, 0.4) is 0 Å². The highest BCUT2D eigenvalue weighted by molar-refractivity contribution is 8.14. The molecule has 31 heavy (non-hydrogen) atoms. The second kappa shape index (κ2) is 11.3. The Morgan fingerprint density at radius 2 is 1.87 bits per heavy atom. The van der Waals surface area contributed by atoms with Crippen molar-refractivity contribution in [2.75, 3.05) is 26.0 Å². The van der Waals surface area contributed by atoms with E-state index in [2.05, 4.69) is 29.7 Å². The van der Waals surface area contributed by atoms with Crippen LogP contribution in [0.5, 0.6) is 0 Å². The molecule has 2 aliphatic rings. The number of thioether (sulfide) groups is 1. The lowest BCUT2D eigenvalue weighted by molar-refractivity contribution is -0.141. The predicted octanol–water partition coefficient (Wildman–Crippen LogP) is 2.34. The SMILES string of the molecule is CN1C(=NNC(=O)C(=O)C(NC(=O)C=CC(C)(C)C)C2CCOCC2)SCC1(C)C.Cl. The first kappa shape index (κ1) is 27.5. The molecular weight excluding hydrogens is 440 g/mol. The molecule has 2 N–H and O–H groups in total. The summed E-state index contributed by atoms with van der Waals surface area (Å²) in [4.78, 5) is 39.8. The number of nitrogens with one attached hydrogen (secondary N) is 2. The quantitative estimate of drug-likeness (QED) is 0.348. The number of allylic oxidation sites excluding steroid dienone is 1. The van der Waals surface area contributed by atoms with Gasteiger partial charge in [-0.15, -0.1) is 17.5 Å². The fourth-order valence-corrected chi connectivity index (χ4v) is 4.30. The molecule has 2 saturated heterocycles. The summed E-state index contributed by atoms with van der Waals surface area (Å²) in [6, 6.07) is -0.906. The third-order valence-electron chi connectivity index (χ3n) is 5.28. The summed E-state index contributed by atoms with van der Waals surface area (Å²) in [5.41, 5.74) is 2.14. The van der Waals surface area contributed by atoms with Gasteiger partial charge in [-0.05, 0) is 44.1 Å². The van der Waals surface area contributed by atoms with Gasteiger partial charge < -0.3 is 15.0 Å². The van der Waals surface area contributed by atoms with Crippen molar-refractivity contribution in [1.29, 1.82) is 0 Å². The number of hydrogen-bond acceptors (Lipinski definition) is 6. The highest BCUT2D eigenvalue weighted by Gasteiger charge is 2.36. The molecular formula is C21H35ClN4O4S. The number of rotatable bonds is 6. The summed E-state index contributed by atoms with van der Waals surface area (Å²) >= 11 is 1.52. The molecule has 8 nitrogen and oxygen atoms in total. The Morgan fingerprint density at radius 1 is 1.26 bits per heavy atom. The van der Waals surface area contributed by atoms with Crippen LogP contribution in [0, 0.1) is 11.3 Å². The molecule has 2 amide bonds. The molecule has 2 rings (SSSR count). The summed E-state index contributed by atoms with van der Waals surface area (Å²) in [5, 5.41) is 7.52. The third kappa shape index (κ3) is 8.12. The van der Waals surface area contributed by atoms with E-state index in [-0.39, 0.29) is 35.2 Å². The number of hydrazone groups is 1. The van der Waals surface area contributed by atoms with Crippen molar-refractivity contribution >= 4 is 46.9 Å². The number of carbonyl (C=O) groups is 3. The average Bonchev–Trinajstić information content (AvgIpc) is 2.94. The Morgan fingerprint density at radius 3 is 2.39 bits per heavy atom. The summed E-state index contributed by atoms with van der Waals surface area (Å²) < 4.78 is 5.36. The van der Waals surface area contributed by atoms with Crippen molar-refractivity contribution in [3.05, 3.63) is 12.2 Å². The molecule has 0 aromatic heterocycles. The van der Waals surface area contributed by atoms with Crippen LogP contribution in [-0.4, -0.2) is 65.3 Å². The molecule has 2 heterocycles. The van der Waals surface area contributed by atoms with Gasteiger partial charge in [0.2, 0.25) is 11.7 Å². The zero-order valence-electron chi connectivity index (χ0n) is 19.2. The van der Waals surface area contributed by atoms with E-state index in [1.807, 2.05) is 32.7 Å². The van der Waals surface area contributed by atoms with E-state index in [0.717, 1.165) is 5.75 Å². The van der Waals surface area contributed by atoms with Gasteiger partial charge in [0.25, 0.3) is 0 Å². The Labute approximate surface area is 195 Å². The summed E-state index contributed by atoms with van der Waals surface area (Å²) in [5.74, 6) is -1.21. The number of ether oxygens (including phenoxy) is 1. The fraction of sp³-hybridized carbons (Fsp3) is 0.714. The number of carbonyl (C=O) groups excluding carboxylic acids is 3. The van der Waals surface area contributed by atoms with Crippen molar-refractivity contribution in [3.8, 4) is 0 Å². The van der Waals surface area contributed by atoms with Crippen molar-refractivity contribution in [3.63, 3.8) is 0 Å². The van der Waals surface area contributed by atoms with Crippen LogP contribution in [0.1, 0.15) is 47.5 Å². The van der Waals surface area contributed by atoms with Gasteiger partial charge in [0.15, 0.2) is 5.17 Å². The molecule has 0 bridgehead atoms. The molecule has 0 radical (unpaired) electrons. The van der Waals surface area contributed by atoms with Gasteiger partial charge in [-0.3, -0.25) is 14.4 Å². The number of hydrogen-bond donors (Lipinski definition) is 2. The highest BCUT2D eigenvalue weighted by Crippen LogP contribution is 2.30. The molecule has 0 saturated carbocycles. The van der Waals surface area contributed by atoms with Crippen LogP contribution in [-0.2, 0) is 19.1 Å². The Bertz CT molecular complexity index is 727. The number of halogens is 1. The van der Waals surface area contributed by atoms with E-state index < -0.39 is 17.7 Å². The summed E-state index contributed by atoms with van der Waals surface area (Å²) in [6.45, 7) is 11.1. The maximum atomic E-state index is 12.9. The van der Waals surface area contributed by atoms with Crippen molar-refractivity contribution in [2.45, 2.75) is 59.0 Å². The highest BCUT2D eigenvalue weighted by atomic mass is 35.5. The lowest BCUT2D eigenvalue weighted by atomic mass is 9.88. The second-order valence-electron chi connectivity index (χ2n) is 9.50. The van der Waals surface area contributed by atoms with Gasteiger partial charge in [-0.25, -0.2) is 5.43 Å². The lowest BCUT2D eigenvalue weighted by Crippen LogP contribution is -2.51. The maximum Gasteiger partial charge on any atom is 0.309 e. The van der Waals surface area contributed by atoms with Crippen molar-refractivity contribution < 1.29 is 19.1 Å². The van der Waals surface area contributed by atoms with Gasteiger partial charge in [0.1, 0.15) is 6.04 Å². The van der Waals surface area contributed by atoms with Crippen LogP contribution in [0.15, 0.2) is 17.3 Å².